The van der Waals surface area contributed by atoms with Crippen molar-refractivity contribution < 1.29 is 19.1 Å². The lowest BCUT2D eigenvalue weighted by Crippen LogP contribution is -2.40. The molecule has 0 unspecified atom stereocenters. The van der Waals surface area contributed by atoms with E-state index in [0.717, 1.165) is 24.2 Å². The van der Waals surface area contributed by atoms with E-state index in [1.54, 1.807) is 21.9 Å². The highest BCUT2D eigenvalue weighted by Crippen LogP contribution is 2.34. The van der Waals surface area contributed by atoms with Crippen LogP contribution in [0.2, 0.25) is 0 Å². The molecule has 2 aliphatic heterocycles. The van der Waals surface area contributed by atoms with Crippen LogP contribution in [0.1, 0.15) is 42.6 Å². The molecule has 0 aliphatic carbocycles. The number of rotatable bonds is 8. The number of carbonyl (C=O) groups is 2. The number of nitrogens with zero attached hydrogens (tertiary/aromatic N) is 3. The Balaban J connectivity index is 1.50. The van der Waals surface area contributed by atoms with Crippen molar-refractivity contribution in [2.45, 2.75) is 26.7 Å². The number of aliphatic imine (C=N–C) groups is 1. The number of unbranched alkanes of at least 4 members (excludes halogenated alkanes) is 1. The van der Waals surface area contributed by atoms with E-state index in [-0.39, 0.29) is 11.8 Å². The van der Waals surface area contributed by atoms with Gasteiger partial charge in [0.2, 0.25) is 0 Å². The predicted molar refractivity (Wildman–Crippen MR) is 140 cm³/mol. The van der Waals surface area contributed by atoms with Gasteiger partial charge in [-0.25, -0.2) is 4.99 Å². The van der Waals surface area contributed by atoms with Crippen molar-refractivity contribution in [3.8, 4) is 5.75 Å². The Bertz CT molecular complexity index is 1110. The molecule has 0 radical (unpaired) electrons. The first-order chi connectivity index (χ1) is 17.1. The number of amides is 2. The summed E-state index contributed by atoms with van der Waals surface area (Å²) in [5.41, 5.74) is 2.16. The Kier molecular flexibility index (Phi) is 8.60. The van der Waals surface area contributed by atoms with Gasteiger partial charge in [-0.2, -0.15) is 0 Å². The molecule has 35 heavy (non-hydrogen) atoms. The number of amidine groups is 1. The highest BCUT2D eigenvalue weighted by molar-refractivity contribution is 8.18. The van der Waals surface area contributed by atoms with Crippen LogP contribution in [0.5, 0.6) is 5.75 Å². The maximum atomic E-state index is 13.0. The highest BCUT2D eigenvalue weighted by atomic mass is 32.2. The van der Waals surface area contributed by atoms with E-state index in [9.17, 15) is 9.59 Å². The smallest absolute Gasteiger partial charge is 0.266 e. The Morgan fingerprint density at radius 2 is 1.91 bits per heavy atom. The molecule has 7 nitrogen and oxygen atoms in total. The first kappa shape index (κ1) is 25.0. The Hall–Kier alpha value is -3.10. The second-order valence-electron chi connectivity index (χ2n) is 8.28. The van der Waals surface area contributed by atoms with Gasteiger partial charge in [-0.15, -0.1) is 0 Å². The van der Waals surface area contributed by atoms with Gasteiger partial charge in [0.1, 0.15) is 5.75 Å². The van der Waals surface area contributed by atoms with Crippen LogP contribution in [0.15, 0.2) is 58.4 Å². The molecule has 0 spiro atoms. The van der Waals surface area contributed by atoms with Crippen LogP contribution >= 0.6 is 11.8 Å². The van der Waals surface area contributed by atoms with Gasteiger partial charge in [0.05, 0.1) is 30.4 Å². The lowest BCUT2D eigenvalue weighted by molar-refractivity contribution is -0.122. The first-order valence-electron chi connectivity index (χ1n) is 12.1. The lowest BCUT2D eigenvalue weighted by Gasteiger charge is -2.26. The largest absolute Gasteiger partial charge is 0.494 e. The lowest BCUT2D eigenvalue weighted by atomic mass is 10.1. The maximum Gasteiger partial charge on any atom is 0.266 e. The van der Waals surface area contributed by atoms with Crippen LogP contribution in [-0.4, -0.2) is 66.2 Å². The normalized spacial score (nSPS) is 18.5. The topological polar surface area (TPSA) is 71.4 Å². The number of likely N-dealkylation sites (N-methyl/N-ethyl adjacent to an activating group) is 1. The number of carbonyl (C=O) groups excluding carboxylic acids is 2. The molecule has 2 aromatic carbocycles. The molecular weight excluding hydrogens is 462 g/mol. The average molecular weight is 494 g/mol. The first-order valence-corrected chi connectivity index (χ1v) is 12.9. The molecule has 2 saturated heterocycles. The minimum absolute atomic E-state index is 0.0273. The number of ether oxygens (including phenoxy) is 2. The Morgan fingerprint density at radius 3 is 2.63 bits per heavy atom. The summed E-state index contributed by atoms with van der Waals surface area (Å²) in [5, 5.41) is 0.610. The van der Waals surface area contributed by atoms with Gasteiger partial charge >= 0.3 is 0 Å². The Morgan fingerprint density at radius 1 is 1.14 bits per heavy atom. The SMILES string of the molecule is CCCCOc1ccc(/C=C2/SC(=Nc3cccc(C(=O)N4CCOCC4)c3)N(CC)C2=O)cc1. The average Bonchev–Trinajstić information content (AvgIpc) is 3.18. The number of hydrogen-bond donors (Lipinski definition) is 0. The predicted octanol–water partition coefficient (Wildman–Crippen LogP) is 4.96. The van der Waals surface area contributed by atoms with Crippen molar-refractivity contribution in [3.63, 3.8) is 0 Å². The summed E-state index contributed by atoms with van der Waals surface area (Å²) < 4.78 is 11.1. The van der Waals surface area contributed by atoms with Gasteiger partial charge in [0.25, 0.3) is 11.8 Å². The third-order valence-electron chi connectivity index (χ3n) is 5.76. The minimum Gasteiger partial charge on any atom is -0.494 e. The molecule has 8 heteroatoms. The summed E-state index contributed by atoms with van der Waals surface area (Å²) in [6.07, 6.45) is 4.00. The molecule has 0 bridgehead atoms. The van der Waals surface area contributed by atoms with Gasteiger partial charge in [-0.1, -0.05) is 31.5 Å². The molecule has 0 saturated carbocycles. The summed E-state index contributed by atoms with van der Waals surface area (Å²) in [6.45, 7) is 7.57. The number of thioether (sulfide) groups is 1. The molecule has 2 amide bonds. The van der Waals surface area contributed by atoms with E-state index in [0.29, 0.717) is 60.8 Å². The van der Waals surface area contributed by atoms with Crippen LogP contribution in [0.4, 0.5) is 5.69 Å². The zero-order valence-electron chi connectivity index (χ0n) is 20.2. The van der Waals surface area contributed by atoms with Crippen molar-refractivity contribution in [3.05, 3.63) is 64.6 Å². The standard InChI is InChI=1S/C27H31N3O4S/c1-3-5-15-34-23-11-9-20(10-12-23)18-24-26(32)30(4-2)27(35-24)28-22-8-6-7-21(19-22)25(31)29-13-16-33-17-14-29/h6-12,18-19H,3-5,13-17H2,1-2H3/b24-18+,28-27?. The Labute approximate surface area is 210 Å². The zero-order chi connectivity index (χ0) is 24.6. The second-order valence-corrected chi connectivity index (χ2v) is 9.29. The van der Waals surface area contributed by atoms with Crippen molar-refractivity contribution >= 4 is 40.5 Å². The van der Waals surface area contributed by atoms with Gasteiger partial charge in [0, 0.05) is 25.2 Å². The van der Waals surface area contributed by atoms with Crippen molar-refractivity contribution in [2.75, 3.05) is 39.5 Å². The molecule has 2 fully saturated rings. The molecule has 4 rings (SSSR count). The monoisotopic (exact) mass is 493 g/mol. The van der Waals surface area contributed by atoms with Crippen LogP contribution in [0, 0.1) is 0 Å². The summed E-state index contributed by atoms with van der Waals surface area (Å²) in [5.74, 6) is 0.732. The quantitative estimate of drug-likeness (QED) is 0.384. The van der Waals surface area contributed by atoms with Crippen LogP contribution in [-0.2, 0) is 9.53 Å². The molecular formula is C27H31N3O4S. The third kappa shape index (κ3) is 6.32. The van der Waals surface area contributed by atoms with E-state index < -0.39 is 0 Å². The maximum absolute atomic E-state index is 13.0. The summed E-state index contributed by atoms with van der Waals surface area (Å²) in [6, 6.07) is 15.0. The second kappa shape index (κ2) is 12.0. The third-order valence-corrected chi connectivity index (χ3v) is 6.77. The molecule has 2 heterocycles. The number of hydrogen-bond acceptors (Lipinski definition) is 6. The van der Waals surface area contributed by atoms with Crippen LogP contribution in [0.3, 0.4) is 0 Å². The number of morpholine rings is 1. The molecule has 2 aliphatic rings. The van der Waals surface area contributed by atoms with Crippen LogP contribution < -0.4 is 4.74 Å². The van der Waals surface area contributed by atoms with E-state index in [2.05, 4.69) is 6.92 Å². The molecule has 0 atom stereocenters. The van der Waals surface area contributed by atoms with Crippen LogP contribution in [0.25, 0.3) is 6.08 Å². The molecule has 184 valence electrons. The summed E-state index contributed by atoms with van der Waals surface area (Å²) in [4.78, 5) is 34.7. The van der Waals surface area contributed by atoms with Gasteiger partial charge < -0.3 is 14.4 Å². The fourth-order valence-electron chi connectivity index (χ4n) is 3.78. The minimum atomic E-state index is -0.0694. The summed E-state index contributed by atoms with van der Waals surface area (Å²) in [7, 11) is 0. The van der Waals surface area contributed by atoms with Crippen molar-refractivity contribution in [2.24, 2.45) is 4.99 Å². The molecule has 2 aromatic rings. The summed E-state index contributed by atoms with van der Waals surface area (Å²) >= 11 is 1.35. The fourth-order valence-corrected chi connectivity index (χ4v) is 4.85. The van der Waals surface area contributed by atoms with E-state index in [1.807, 2.05) is 49.4 Å². The van der Waals surface area contributed by atoms with Gasteiger partial charge in [-0.05, 0) is 67.1 Å². The van der Waals surface area contributed by atoms with E-state index in [1.165, 1.54) is 11.8 Å². The number of benzene rings is 2. The van der Waals surface area contributed by atoms with Crippen molar-refractivity contribution in [1.82, 2.24) is 9.80 Å². The molecule has 0 N–H and O–H groups in total. The fraction of sp³-hybridized carbons (Fsp3) is 0.370. The highest BCUT2D eigenvalue weighted by Gasteiger charge is 2.32. The van der Waals surface area contributed by atoms with Crippen molar-refractivity contribution in [1.29, 1.82) is 0 Å². The van der Waals surface area contributed by atoms with E-state index in [4.69, 9.17) is 14.5 Å². The van der Waals surface area contributed by atoms with Gasteiger partial charge in [0.15, 0.2) is 5.17 Å². The van der Waals surface area contributed by atoms with E-state index >= 15 is 0 Å². The van der Waals surface area contributed by atoms with Gasteiger partial charge in [-0.3, -0.25) is 14.5 Å². The molecule has 0 aromatic heterocycles. The zero-order valence-corrected chi connectivity index (χ0v) is 21.1.